The molecule has 0 aromatic heterocycles. The third-order valence-electron chi connectivity index (χ3n) is 7.31. The van der Waals surface area contributed by atoms with Crippen LogP contribution in [0.15, 0.2) is 42.5 Å². The van der Waals surface area contributed by atoms with Gasteiger partial charge in [0.2, 0.25) is 11.8 Å². The van der Waals surface area contributed by atoms with Gasteiger partial charge < -0.3 is 30.2 Å². The third-order valence-corrected chi connectivity index (χ3v) is 7.31. The van der Waals surface area contributed by atoms with Gasteiger partial charge in [0.05, 0.1) is 26.4 Å². The molecule has 0 radical (unpaired) electrons. The molecule has 10 nitrogen and oxygen atoms in total. The van der Waals surface area contributed by atoms with Crippen LogP contribution in [-0.4, -0.2) is 68.2 Å². The first-order valence-electron chi connectivity index (χ1n) is 14.6. The normalized spacial score (nSPS) is 17.0. The number of carbonyl (C=O) groups excluding carboxylic acids is 3. The fourth-order valence-corrected chi connectivity index (χ4v) is 5.01. The summed E-state index contributed by atoms with van der Waals surface area (Å²) in [6.07, 6.45) is 4.84. The lowest BCUT2D eigenvalue weighted by molar-refractivity contribution is -0.136. The number of benzene rings is 2. The molecule has 2 aliphatic rings. The fourth-order valence-electron chi connectivity index (χ4n) is 5.01. The molecule has 4 rings (SSSR count). The first-order valence-corrected chi connectivity index (χ1v) is 14.6. The second-order valence-electron chi connectivity index (χ2n) is 10.5. The first-order chi connectivity index (χ1) is 19.9. The van der Waals surface area contributed by atoms with Crippen molar-refractivity contribution < 1.29 is 28.6 Å². The van der Waals surface area contributed by atoms with Crippen LogP contribution in [0.25, 0.3) is 0 Å². The molecule has 0 spiro atoms. The van der Waals surface area contributed by atoms with E-state index in [4.69, 9.17) is 19.9 Å². The van der Waals surface area contributed by atoms with Crippen molar-refractivity contribution >= 4 is 35.8 Å². The largest absolute Gasteiger partial charge is 0.494 e. The summed E-state index contributed by atoms with van der Waals surface area (Å²) in [6, 6.07) is 13.0. The summed E-state index contributed by atoms with van der Waals surface area (Å²) in [6.45, 7) is 6.02. The number of halogens is 1. The topological polar surface area (TPSA) is 132 Å². The first kappa shape index (κ1) is 33.3. The zero-order valence-corrected chi connectivity index (χ0v) is 25.1. The summed E-state index contributed by atoms with van der Waals surface area (Å²) >= 11 is 0. The van der Waals surface area contributed by atoms with Crippen LogP contribution in [0, 0.1) is 0 Å². The Morgan fingerprint density at radius 2 is 1.74 bits per heavy atom. The van der Waals surface area contributed by atoms with E-state index in [1.807, 2.05) is 43.3 Å². The molecule has 42 heavy (non-hydrogen) atoms. The van der Waals surface area contributed by atoms with Crippen molar-refractivity contribution in [2.75, 3.05) is 44.9 Å². The molecule has 4 N–H and O–H groups in total. The Morgan fingerprint density at radius 3 is 2.50 bits per heavy atom. The Kier molecular flexibility index (Phi) is 13.5. The number of nitrogens with two attached hydrogens (primary N) is 1. The molecule has 1 unspecified atom stereocenters. The lowest BCUT2D eigenvalue weighted by Gasteiger charge is -2.29. The maximum Gasteiger partial charge on any atom is 0.255 e. The molecular weight excluding hydrogens is 560 g/mol. The predicted octanol–water partition coefficient (Wildman–Crippen LogP) is 3.97. The van der Waals surface area contributed by atoms with Crippen LogP contribution < -0.4 is 21.1 Å². The molecule has 2 atom stereocenters. The molecule has 2 aromatic rings. The number of amides is 3. The standard InChI is InChI=1S/C31H42N4O6.ClH/c1-22(32)23-7-6-8-26(20-23)41-15-5-3-2-4-14-39-17-18-40-16-13-33-25-9-10-27-24(19-25)21-35(31(27)38)28-11-12-29(36)34-30(28)37;/h6-10,19-20,22,28,33H,2-5,11-18,21,32H2,1H3,(H,34,36,37);1H/t22-,28?;/m1./s1. The molecule has 0 saturated carbocycles. The van der Waals surface area contributed by atoms with Crippen LogP contribution in [0.2, 0.25) is 0 Å². The van der Waals surface area contributed by atoms with E-state index < -0.39 is 11.9 Å². The number of carbonyl (C=O) groups is 3. The van der Waals surface area contributed by atoms with Crippen LogP contribution >= 0.6 is 12.4 Å². The van der Waals surface area contributed by atoms with E-state index in [-0.39, 0.29) is 36.7 Å². The van der Waals surface area contributed by atoms with E-state index in [2.05, 4.69) is 10.6 Å². The van der Waals surface area contributed by atoms with Crippen molar-refractivity contribution in [2.24, 2.45) is 5.73 Å². The number of hydrogen-bond donors (Lipinski definition) is 3. The van der Waals surface area contributed by atoms with Gasteiger partial charge in [-0.1, -0.05) is 18.6 Å². The van der Waals surface area contributed by atoms with Crippen molar-refractivity contribution in [1.29, 1.82) is 0 Å². The van der Waals surface area contributed by atoms with Crippen LogP contribution in [-0.2, 0) is 25.6 Å². The van der Waals surface area contributed by atoms with Crippen molar-refractivity contribution in [2.45, 2.75) is 64.1 Å². The second-order valence-corrected chi connectivity index (χ2v) is 10.5. The van der Waals surface area contributed by atoms with Gasteiger partial charge in [-0.05, 0) is 74.1 Å². The predicted molar refractivity (Wildman–Crippen MR) is 163 cm³/mol. The molecule has 3 amide bonds. The highest BCUT2D eigenvalue weighted by Crippen LogP contribution is 2.29. The summed E-state index contributed by atoms with van der Waals surface area (Å²) in [4.78, 5) is 38.0. The summed E-state index contributed by atoms with van der Waals surface area (Å²) in [5.74, 6) is 0.0199. The Bertz CT molecular complexity index is 1190. The van der Waals surface area contributed by atoms with Gasteiger partial charge in [0.15, 0.2) is 0 Å². The average Bonchev–Trinajstić information content (AvgIpc) is 3.28. The number of ether oxygens (including phenoxy) is 3. The second kappa shape index (κ2) is 17.1. The molecule has 2 aliphatic heterocycles. The van der Waals surface area contributed by atoms with E-state index in [0.29, 0.717) is 51.5 Å². The van der Waals surface area contributed by atoms with Crippen LogP contribution in [0.5, 0.6) is 5.75 Å². The van der Waals surface area contributed by atoms with E-state index in [1.54, 1.807) is 11.0 Å². The number of unbranched alkanes of at least 4 members (excludes halogenated alkanes) is 3. The van der Waals surface area contributed by atoms with Crippen LogP contribution in [0.3, 0.4) is 0 Å². The van der Waals surface area contributed by atoms with Gasteiger partial charge in [0, 0.05) is 43.4 Å². The minimum atomic E-state index is -0.603. The summed E-state index contributed by atoms with van der Waals surface area (Å²) in [5.41, 5.74) is 9.37. The van der Waals surface area contributed by atoms with Crippen molar-refractivity contribution in [3.63, 3.8) is 0 Å². The molecule has 2 aromatic carbocycles. The lowest BCUT2D eigenvalue weighted by Crippen LogP contribution is -2.52. The number of nitrogens with one attached hydrogen (secondary N) is 2. The Hall–Kier alpha value is -3.18. The number of hydrogen-bond acceptors (Lipinski definition) is 8. The minimum absolute atomic E-state index is 0. The zero-order valence-electron chi connectivity index (χ0n) is 24.3. The van der Waals surface area contributed by atoms with Crippen molar-refractivity contribution in [1.82, 2.24) is 10.2 Å². The van der Waals surface area contributed by atoms with Gasteiger partial charge in [-0.25, -0.2) is 0 Å². The van der Waals surface area contributed by atoms with Crippen molar-refractivity contribution in [3.8, 4) is 5.75 Å². The van der Waals surface area contributed by atoms with Gasteiger partial charge in [-0.3, -0.25) is 19.7 Å². The Labute approximate surface area is 254 Å². The maximum atomic E-state index is 12.8. The van der Waals surface area contributed by atoms with Gasteiger partial charge in [-0.2, -0.15) is 0 Å². The van der Waals surface area contributed by atoms with Gasteiger partial charge in [0.1, 0.15) is 11.8 Å². The molecule has 1 fully saturated rings. The summed E-state index contributed by atoms with van der Waals surface area (Å²) in [7, 11) is 0. The highest BCUT2D eigenvalue weighted by Gasteiger charge is 2.39. The number of piperidine rings is 1. The number of imide groups is 1. The fraction of sp³-hybridized carbons (Fsp3) is 0.516. The average molecular weight is 603 g/mol. The maximum absolute atomic E-state index is 12.8. The Balaban J connectivity index is 0.00000484. The SMILES string of the molecule is C[C@@H](N)c1cccc(OCCCCCCOCCOCCNc2ccc3c(c2)CN(C2CCC(=O)NC2=O)C3=O)c1.Cl. The van der Waals surface area contributed by atoms with Gasteiger partial charge >= 0.3 is 0 Å². The minimum Gasteiger partial charge on any atom is -0.494 e. The quantitative estimate of drug-likeness (QED) is 0.183. The smallest absolute Gasteiger partial charge is 0.255 e. The van der Waals surface area contributed by atoms with Crippen LogP contribution in [0.4, 0.5) is 5.69 Å². The number of fused-ring (bicyclic) bond motifs is 1. The van der Waals surface area contributed by atoms with Gasteiger partial charge in [-0.15, -0.1) is 12.4 Å². The Morgan fingerprint density at radius 1 is 0.976 bits per heavy atom. The third kappa shape index (κ3) is 9.69. The molecule has 11 heteroatoms. The summed E-state index contributed by atoms with van der Waals surface area (Å²) in [5, 5.41) is 5.64. The van der Waals surface area contributed by atoms with E-state index in [9.17, 15) is 14.4 Å². The monoisotopic (exact) mass is 602 g/mol. The zero-order chi connectivity index (χ0) is 29.0. The van der Waals surface area contributed by atoms with Gasteiger partial charge in [0.25, 0.3) is 5.91 Å². The number of anilines is 1. The molecule has 0 bridgehead atoms. The number of nitrogens with zero attached hydrogens (tertiary/aromatic N) is 1. The molecule has 2 heterocycles. The lowest BCUT2D eigenvalue weighted by atomic mass is 10.0. The number of rotatable bonds is 17. The van der Waals surface area contributed by atoms with Crippen molar-refractivity contribution in [3.05, 3.63) is 59.2 Å². The van der Waals surface area contributed by atoms with E-state index >= 15 is 0 Å². The molecule has 1 saturated heterocycles. The molecule has 230 valence electrons. The van der Waals surface area contributed by atoms with Crippen LogP contribution in [0.1, 0.15) is 73.0 Å². The summed E-state index contributed by atoms with van der Waals surface area (Å²) < 4.78 is 17.2. The highest BCUT2D eigenvalue weighted by atomic mass is 35.5. The van der Waals surface area contributed by atoms with E-state index in [0.717, 1.165) is 54.9 Å². The highest BCUT2D eigenvalue weighted by molar-refractivity contribution is 6.05. The molecule has 0 aliphatic carbocycles. The van der Waals surface area contributed by atoms with E-state index in [1.165, 1.54) is 0 Å². The molecular formula is C31H43ClN4O6.